The Kier molecular flexibility index (Phi) is 7.05. The van der Waals surface area contributed by atoms with Crippen LogP contribution in [0.2, 0.25) is 0 Å². The minimum absolute atomic E-state index is 0.0279. The zero-order valence-corrected chi connectivity index (χ0v) is 14.5. The second-order valence-corrected chi connectivity index (χ2v) is 5.87. The number of aliphatic hydroxyl groups excluding tert-OH is 2. The summed E-state index contributed by atoms with van der Waals surface area (Å²) in [7, 11) is 0. The summed E-state index contributed by atoms with van der Waals surface area (Å²) in [6.45, 7) is -0.639. The summed E-state index contributed by atoms with van der Waals surface area (Å²) >= 11 is 0. The third-order valence-corrected chi connectivity index (χ3v) is 3.82. The van der Waals surface area contributed by atoms with E-state index in [-0.39, 0.29) is 42.7 Å². The summed E-state index contributed by atoms with van der Waals surface area (Å²) in [6.07, 6.45) is 5.24. The van der Waals surface area contributed by atoms with Crippen LogP contribution in [-0.4, -0.2) is 32.0 Å². The summed E-state index contributed by atoms with van der Waals surface area (Å²) in [5, 5.41) is 37.2. The van der Waals surface area contributed by atoms with E-state index < -0.39 is 0 Å². The molecule has 0 spiro atoms. The van der Waals surface area contributed by atoms with Gasteiger partial charge in [0.05, 0.1) is 19.6 Å². The van der Waals surface area contributed by atoms with Crippen molar-refractivity contribution < 1.29 is 30.0 Å². The van der Waals surface area contributed by atoms with Crippen LogP contribution in [-0.2, 0) is 22.8 Å². The number of ketones is 2. The molecule has 0 atom stereocenters. The standard InChI is InChI=1S/C21H20O6/c22-12-16-9-14(3-7-20(16)26)1-5-18(24)11-19(25)6-2-15-4-8-21(27)17(10-15)13-23/h1-10,22-23,26-27H,11-13H2. The molecule has 2 rings (SSSR count). The SMILES string of the molecule is O=C(C=Cc1ccc(O)c(CO)c1)CC(=O)C=Cc1ccc(O)c(CO)c1. The molecule has 0 fully saturated rings. The van der Waals surface area contributed by atoms with Gasteiger partial charge >= 0.3 is 0 Å². The molecule has 6 nitrogen and oxygen atoms in total. The summed E-state index contributed by atoms with van der Waals surface area (Å²) in [5.41, 5.74) is 1.93. The molecule has 27 heavy (non-hydrogen) atoms. The van der Waals surface area contributed by atoms with Crippen LogP contribution in [0.5, 0.6) is 11.5 Å². The first-order valence-electron chi connectivity index (χ1n) is 8.20. The predicted octanol–water partition coefficient (Wildman–Crippen LogP) is 2.34. The molecule has 0 aliphatic carbocycles. The number of rotatable bonds is 8. The summed E-state index contributed by atoms with van der Waals surface area (Å²) in [5.74, 6) is -0.824. The van der Waals surface area contributed by atoms with Gasteiger partial charge in [0.1, 0.15) is 11.5 Å². The molecule has 2 aromatic rings. The Hall–Kier alpha value is -3.22. The second kappa shape index (κ2) is 9.47. The average Bonchev–Trinajstić information content (AvgIpc) is 2.66. The normalized spacial score (nSPS) is 11.3. The number of hydrogen-bond acceptors (Lipinski definition) is 6. The fourth-order valence-corrected chi connectivity index (χ4v) is 2.34. The lowest BCUT2D eigenvalue weighted by Crippen LogP contribution is -2.02. The zero-order valence-electron chi connectivity index (χ0n) is 14.5. The highest BCUT2D eigenvalue weighted by molar-refractivity contribution is 6.10. The van der Waals surface area contributed by atoms with Crippen LogP contribution in [0.25, 0.3) is 12.2 Å². The Balaban J connectivity index is 1.96. The van der Waals surface area contributed by atoms with Crippen LogP contribution >= 0.6 is 0 Å². The molecule has 0 saturated heterocycles. The smallest absolute Gasteiger partial charge is 0.163 e. The zero-order chi connectivity index (χ0) is 19.8. The summed E-state index contributed by atoms with van der Waals surface area (Å²) < 4.78 is 0. The van der Waals surface area contributed by atoms with Gasteiger partial charge in [-0.05, 0) is 47.5 Å². The molecule has 6 heteroatoms. The van der Waals surface area contributed by atoms with Crippen LogP contribution in [0.4, 0.5) is 0 Å². The molecule has 0 amide bonds. The maximum atomic E-state index is 11.9. The molecular formula is C21H20O6. The molecule has 0 heterocycles. The van der Waals surface area contributed by atoms with E-state index in [4.69, 9.17) is 10.2 Å². The molecule has 0 aliphatic heterocycles. The van der Waals surface area contributed by atoms with E-state index in [1.165, 1.54) is 36.4 Å². The van der Waals surface area contributed by atoms with Gasteiger partial charge in [-0.3, -0.25) is 9.59 Å². The molecular weight excluding hydrogens is 348 g/mol. The summed E-state index contributed by atoms with van der Waals surface area (Å²) in [6, 6.07) is 9.10. The quantitative estimate of drug-likeness (QED) is 0.420. The number of aliphatic hydroxyl groups is 2. The predicted molar refractivity (Wildman–Crippen MR) is 101 cm³/mol. The van der Waals surface area contributed by atoms with Gasteiger partial charge in [0.25, 0.3) is 0 Å². The monoisotopic (exact) mass is 368 g/mol. The van der Waals surface area contributed by atoms with Crippen LogP contribution in [0.15, 0.2) is 48.6 Å². The highest BCUT2D eigenvalue weighted by Crippen LogP contribution is 2.20. The Bertz CT molecular complexity index is 822. The molecule has 0 aliphatic rings. The number of phenols is 2. The maximum absolute atomic E-state index is 11.9. The minimum atomic E-state index is -0.384. The highest BCUT2D eigenvalue weighted by Gasteiger charge is 2.05. The Morgan fingerprint density at radius 3 is 1.52 bits per heavy atom. The van der Waals surface area contributed by atoms with Gasteiger partial charge in [0, 0.05) is 11.1 Å². The van der Waals surface area contributed by atoms with Crippen molar-refractivity contribution in [2.75, 3.05) is 0 Å². The minimum Gasteiger partial charge on any atom is -0.508 e. The van der Waals surface area contributed by atoms with Gasteiger partial charge in [-0.25, -0.2) is 0 Å². The van der Waals surface area contributed by atoms with Crippen LogP contribution < -0.4 is 0 Å². The van der Waals surface area contributed by atoms with Gasteiger partial charge in [0.15, 0.2) is 11.6 Å². The largest absolute Gasteiger partial charge is 0.508 e. The van der Waals surface area contributed by atoms with Crippen molar-refractivity contribution in [1.29, 1.82) is 0 Å². The maximum Gasteiger partial charge on any atom is 0.163 e. The number of aromatic hydroxyl groups is 2. The number of carbonyl (C=O) groups is 2. The van der Waals surface area contributed by atoms with Crippen molar-refractivity contribution in [3.8, 4) is 11.5 Å². The number of allylic oxidation sites excluding steroid dienone is 2. The van der Waals surface area contributed by atoms with Crippen molar-refractivity contribution in [3.63, 3.8) is 0 Å². The third-order valence-electron chi connectivity index (χ3n) is 3.82. The van der Waals surface area contributed by atoms with E-state index >= 15 is 0 Å². The van der Waals surface area contributed by atoms with E-state index in [0.717, 1.165) is 0 Å². The molecule has 2 aromatic carbocycles. The van der Waals surface area contributed by atoms with Crippen molar-refractivity contribution in [1.82, 2.24) is 0 Å². The first-order valence-corrected chi connectivity index (χ1v) is 8.20. The van der Waals surface area contributed by atoms with E-state index in [0.29, 0.717) is 22.3 Å². The number of carbonyl (C=O) groups excluding carboxylic acids is 2. The van der Waals surface area contributed by atoms with Crippen molar-refractivity contribution in [2.24, 2.45) is 0 Å². The van der Waals surface area contributed by atoms with Gasteiger partial charge in [0.2, 0.25) is 0 Å². The lowest BCUT2D eigenvalue weighted by atomic mass is 10.1. The van der Waals surface area contributed by atoms with Crippen molar-refractivity contribution >= 4 is 23.7 Å². The highest BCUT2D eigenvalue weighted by atomic mass is 16.3. The van der Waals surface area contributed by atoms with Gasteiger partial charge in [-0.2, -0.15) is 0 Å². The van der Waals surface area contributed by atoms with E-state index in [2.05, 4.69) is 0 Å². The Labute approximate surface area is 156 Å². The molecule has 0 bridgehead atoms. The van der Waals surface area contributed by atoms with Crippen molar-refractivity contribution in [3.05, 3.63) is 70.8 Å². The first-order chi connectivity index (χ1) is 12.9. The topological polar surface area (TPSA) is 115 Å². The van der Waals surface area contributed by atoms with Gasteiger partial charge in [-0.15, -0.1) is 0 Å². The number of hydrogen-bond donors (Lipinski definition) is 4. The van der Waals surface area contributed by atoms with Crippen molar-refractivity contribution in [2.45, 2.75) is 19.6 Å². The van der Waals surface area contributed by atoms with E-state index in [9.17, 15) is 19.8 Å². The Morgan fingerprint density at radius 2 is 1.15 bits per heavy atom. The molecule has 4 N–H and O–H groups in total. The number of benzene rings is 2. The fraction of sp³-hybridized carbons (Fsp3) is 0.143. The average molecular weight is 368 g/mol. The van der Waals surface area contributed by atoms with E-state index in [1.54, 1.807) is 24.3 Å². The summed E-state index contributed by atoms with van der Waals surface area (Å²) in [4.78, 5) is 23.8. The Morgan fingerprint density at radius 1 is 0.741 bits per heavy atom. The molecule has 140 valence electrons. The lowest BCUT2D eigenvalue weighted by molar-refractivity contribution is -0.121. The molecule has 0 unspecified atom stereocenters. The first kappa shape index (κ1) is 20.1. The molecule has 0 saturated carbocycles. The second-order valence-electron chi connectivity index (χ2n) is 5.87. The van der Waals surface area contributed by atoms with Crippen LogP contribution in [0.3, 0.4) is 0 Å². The fourth-order valence-electron chi connectivity index (χ4n) is 2.34. The molecule has 0 radical (unpaired) electrons. The van der Waals surface area contributed by atoms with Crippen LogP contribution in [0.1, 0.15) is 28.7 Å². The third kappa shape index (κ3) is 5.91. The van der Waals surface area contributed by atoms with E-state index in [1.807, 2.05) is 0 Å². The van der Waals surface area contributed by atoms with Crippen LogP contribution in [0, 0.1) is 0 Å². The van der Waals surface area contributed by atoms with Gasteiger partial charge in [-0.1, -0.05) is 24.3 Å². The van der Waals surface area contributed by atoms with Gasteiger partial charge < -0.3 is 20.4 Å². The molecule has 0 aromatic heterocycles. The lowest BCUT2D eigenvalue weighted by Gasteiger charge is -2.02.